The van der Waals surface area contributed by atoms with Crippen LogP contribution in [0.15, 0.2) is 101 Å². The van der Waals surface area contributed by atoms with Crippen molar-refractivity contribution in [3.63, 3.8) is 0 Å². The summed E-state index contributed by atoms with van der Waals surface area (Å²) in [5.74, 6) is -2.04. The minimum absolute atomic E-state index is 0.153. The Labute approximate surface area is 238 Å². The van der Waals surface area contributed by atoms with Crippen LogP contribution >= 0.6 is 0 Å². The summed E-state index contributed by atoms with van der Waals surface area (Å²) in [6.45, 7) is 5.74. The third-order valence-corrected chi connectivity index (χ3v) is 8.72. The summed E-state index contributed by atoms with van der Waals surface area (Å²) >= 11 is 0. The molecule has 0 bridgehead atoms. The van der Waals surface area contributed by atoms with E-state index in [1.807, 2.05) is 62.4 Å². The van der Waals surface area contributed by atoms with Crippen molar-refractivity contribution in [1.29, 1.82) is 0 Å². The zero-order chi connectivity index (χ0) is 29.3. The van der Waals surface area contributed by atoms with Gasteiger partial charge in [-0.1, -0.05) is 54.1 Å². The Balaban J connectivity index is 1.70. The molecule has 0 aliphatic carbocycles. The zero-order valence-electron chi connectivity index (χ0n) is 22.7. The Morgan fingerprint density at radius 1 is 0.878 bits per heavy atom. The Morgan fingerprint density at radius 3 is 2.24 bits per heavy atom. The van der Waals surface area contributed by atoms with Crippen LogP contribution in [0.3, 0.4) is 0 Å². The fourth-order valence-corrected chi connectivity index (χ4v) is 6.23. The van der Waals surface area contributed by atoms with E-state index in [-0.39, 0.29) is 16.3 Å². The molecule has 2 aromatic heterocycles. The van der Waals surface area contributed by atoms with Crippen molar-refractivity contribution in [3.05, 3.63) is 108 Å². The van der Waals surface area contributed by atoms with Gasteiger partial charge in [0.1, 0.15) is 11.4 Å². The third kappa shape index (κ3) is 5.12. The fourth-order valence-electron chi connectivity index (χ4n) is 4.86. The molecule has 0 atom stereocenters. The first-order chi connectivity index (χ1) is 19.6. The molecule has 2 heterocycles. The zero-order valence-corrected chi connectivity index (χ0v) is 23.5. The van der Waals surface area contributed by atoms with Crippen molar-refractivity contribution < 1.29 is 23.0 Å². The van der Waals surface area contributed by atoms with E-state index in [4.69, 9.17) is 0 Å². The maximum absolute atomic E-state index is 14.0. The summed E-state index contributed by atoms with van der Waals surface area (Å²) in [5.41, 5.74) is 4.12. The smallest absolute Gasteiger partial charge is 0.235 e. The molecule has 0 spiro atoms. The standard InChI is InChI=1S/C32H28FN3O4S/c1-4-36(24-11-6-5-7-12-24)28-27(23-10-8-9-20(2)19-23)35-32(38)30(29(28)37)41(39,40)25-15-13-22(14-16-25)26-17-18-34-31(33)21(26)3/h5-19H,4H2,1-3H3,(H2,35,37,38). The van der Waals surface area contributed by atoms with Crippen LogP contribution < -0.4 is 4.90 Å². The summed E-state index contributed by atoms with van der Waals surface area (Å²) in [5, 5.41) is 22.7. The number of nitrogens with zero attached hydrogens (tertiary/aromatic N) is 3. The number of hydrogen-bond acceptors (Lipinski definition) is 7. The van der Waals surface area contributed by atoms with Crippen LogP contribution in [0, 0.1) is 19.8 Å². The molecular weight excluding hydrogens is 541 g/mol. The van der Waals surface area contributed by atoms with Crippen LogP contribution in [0.1, 0.15) is 18.1 Å². The van der Waals surface area contributed by atoms with Gasteiger partial charge in [0.2, 0.25) is 21.7 Å². The van der Waals surface area contributed by atoms with E-state index in [9.17, 15) is 23.0 Å². The van der Waals surface area contributed by atoms with Crippen LogP contribution in [0.5, 0.6) is 11.6 Å². The summed E-state index contributed by atoms with van der Waals surface area (Å²) in [4.78, 5) is 8.87. The van der Waals surface area contributed by atoms with Crippen molar-refractivity contribution in [2.24, 2.45) is 0 Å². The van der Waals surface area contributed by atoms with Crippen molar-refractivity contribution in [2.75, 3.05) is 11.4 Å². The van der Waals surface area contributed by atoms with Crippen LogP contribution in [-0.4, -0.2) is 35.1 Å². The second-order valence-electron chi connectivity index (χ2n) is 9.56. The van der Waals surface area contributed by atoms with E-state index in [1.54, 1.807) is 36.1 Å². The average Bonchev–Trinajstić information content (AvgIpc) is 2.96. The van der Waals surface area contributed by atoms with E-state index in [0.29, 0.717) is 34.5 Å². The first-order valence-corrected chi connectivity index (χ1v) is 14.4. The van der Waals surface area contributed by atoms with E-state index < -0.39 is 32.3 Å². The molecule has 0 radical (unpaired) electrons. The topological polar surface area (TPSA) is 104 Å². The minimum atomic E-state index is -4.45. The van der Waals surface area contributed by atoms with Gasteiger partial charge in [0.25, 0.3) is 0 Å². The lowest BCUT2D eigenvalue weighted by Gasteiger charge is -2.27. The van der Waals surface area contributed by atoms with Crippen LogP contribution in [0.4, 0.5) is 15.8 Å². The van der Waals surface area contributed by atoms with Crippen molar-refractivity contribution >= 4 is 21.2 Å². The molecule has 0 unspecified atom stereocenters. The third-order valence-electron chi connectivity index (χ3n) is 6.92. The van der Waals surface area contributed by atoms with Crippen molar-refractivity contribution in [2.45, 2.75) is 30.6 Å². The van der Waals surface area contributed by atoms with E-state index >= 15 is 0 Å². The lowest BCUT2D eigenvalue weighted by molar-refractivity contribution is 0.409. The summed E-state index contributed by atoms with van der Waals surface area (Å²) in [7, 11) is -4.45. The highest BCUT2D eigenvalue weighted by Crippen LogP contribution is 2.48. The maximum Gasteiger partial charge on any atom is 0.235 e. The molecule has 0 aliphatic rings. The molecule has 0 aliphatic heterocycles. The maximum atomic E-state index is 14.0. The monoisotopic (exact) mass is 569 g/mol. The number of rotatable bonds is 7. The Bertz CT molecular complexity index is 1840. The molecule has 0 saturated heterocycles. The fraction of sp³-hybridized carbons (Fsp3) is 0.125. The van der Waals surface area contributed by atoms with Gasteiger partial charge in [-0.2, -0.15) is 4.39 Å². The highest BCUT2D eigenvalue weighted by molar-refractivity contribution is 7.91. The van der Waals surface area contributed by atoms with Gasteiger partial charge in [-0.15, -0.1) is 0 Å². The molecule has 9 heteroatoms. The second-order valence-corrected chi connectivity index (χ2v) is 11.4. The molecule has 5 aromatic rings. The van der Waals surface area contributed by atoms with Crippen molar-refractivity contribution in [3.8, 4) is 34.0 Å². The van der Waals surface area contributed by atoms with E-state index in [2.05, 4.69) is 9.97 Å². The molecule has 7 nitrogen and oxygen atoms in total. The number of para-hydroxylation sites is 1. The Hall–Kier alpha value is -4.76. The first kappa shape index (κ1) is 27.8. The van der Waals surface area contributed by atoms with Gasteiger partial charge in [0.05, 0.1) is 4.90 Å². The van der Waals surface area contributed by atoms with Crippen molar-refractivity contribution in [1.82, 2.24) is 9.97 Å². The molecule has 0 fully saturated rings. The number of halogens is 1. The quantitative estimate of drug-likeness (QED) is 0.204. The number of hydrogen-bond donors (Lipinski definition) is 2. The largest absolute Gasteiger partial charge is 0.504 e. The molecule has 3 aromatic carbocycles. The highest BCUT2D eigenvalue weighted by Gasteiger charge is 2.33. The molecule has 0 saturated carbocycles. The molecule has 0 amide bonds. The number of pyridine rings is 2. The second kappa shape index (κ2) is 11.0. The molecule has 2 N–H and O–H groups in total. The predicted octanol–water partition coefficient (Wildman–Crippen LogP) is 6.97. The normalized spacial score (nSPS) is 11.4. The van der Waals surface area contributed by atoms with Gasteiger partial charge in [-0.05, 0) is 68.3 Å². The molecule has 208 valence electrons. The summed E-state index contributed by atoms with van der Waals surface area (Å²) < 4.78 is 41.8. The van der Waals surface area contributed by atoms with Gasteiger partial charge in [-0.25, -0.2) is 18.4 Å². The lowest BCUT2D eigenvalue weighted by atomic mass is 10.0. The summed E-state index contributed by atoms with van der Waals surface area (Å²) in [6.07, 6.45) is 1.34. The number of benzene rings is 3. The van der Waals surface area contributed by atoms with Gasteiger partial charge in [-0.3, -0.25) is 0 Å². The average molecular weight is 570 g/mol. The first-order valence-electron chi connectivity index (χ1n) is 13.0. The van der Waals surface area contributed by atoms with E-state index in [1.165, 1.54) is 18.3 Å². The van der Waals surface area contributed by atoms with Gasteiger partial charge in [0.15, 0.2) is 10.6 Å². The highest BCUT2D eigenvalue weighted by atomic mass is 32.2. The SMILES string of the molecule is CCN(c1ccccc1)c1c(-c2cccc(C)c2)nc(O)c(S(=O)(=O)c2ccc(-c3ccnc(F)c3C)cc2)c1O. The number of aryl methyl sites for hydroxylation is 1. The van der Waals surface area contributed by atoms with Gasteiger partial charge >= 0.3 is 0 Å². The van der Waals surface area contributed by atoms with Crippen LogP contribution in [0.25, 0.3) is 22.4 Å². The number of aromatic hydroxyl groups is 2. The lowest BCUT2D eigenvalue weighted by Crippen LogP contribution is -2.19. The van der Waals surface area contributed by atoms with Crippen LogP contribution in [0.2, 0.25) is 0 Å². The van der Waals surface area contributed by atoms with E-state index in [0.717, 1.165) is 5.56 Å². The van der Waals surface area contributed by atoms with Gasteiger partial charge in [0, 0.05) is 29.6 Å². The number of anilines is 2. The van der Waals surface area contributed by atoms with Gasteiger partial charge < -0.3 is 15.1 Å². The Kier molecular flexibility index (Phi) is 7.47. The molecule has 41 heavy (non-hydrogen) atoms. The number of sulfone groups is 1. The minimum Gasteiger partial charge on any atom is -0.504 e. The predicted molar refractivity (Wildman–Crippen MR) is 157 cm³/mol. The number of aromatic nitrogens is 2. The molecule has 5 rings (SSSR count). The summed E-state index contributed by atoms with van der Waals surface area (Å²) in [6, 6.07) is 24.0. The van der Waals surface area contributed by atoms with Crippen LogP contribution in [-0.2, 0) is 9.84 Å². The Morgan fingerprint density at radius 2 is 1.59 bits per heavy atom. The molecular formula is C32H28FN3O4S.